The van der Waals surface area contributed by atoms with Gasteiger partial charge in [0.25, 0.3) is 11.9 Å². The molecule has 3 aromatic rings. The van der Waals surface area contributed by atoms with Crippen molar-refractivity contribution >= 4 is 21.5 Å². The van der Waals surface area contributed by atoms with Crippen LogP contribution in [0.25, 0.3) is 21.5 Å². The van der Waals surface area contributed by atoms with E-state index < -0.39 is 22.8 Å². The number of ether oxygens (including phenoxy) is 1. The fourth-order valence-electron chi connectivity index (χ4n) is 2.52. The van der Waals surface area contributed by atoms with Crippen LogP contribution in [0.4, 0.5) is 0 Å². The molecule has 0 saturated heterocycles. The number of aromatic hydroxyl groups is 2. The third-order valence-corrected chi connectivity index (χ3v) is 3.33. The fraction of sp³-hybridized carbons (Fsp3) is 0.143. The molecule has 6 heteroatoms. The second kappa shape index (κ2) is 3.86. The van der Waals surface area contributed by atoms with Crippen molar-refractivity contribution in [3.05, 3.63) is 38.1 Å². The summed E-state index contributed by atoms with van der Waals surface area (Å²) in [5.41, 5.74) is -0.464. The summed E-state index contributed by atoms with van der Waals surface area (Å²) < 4.78 is 9.83. The van der Waals surface area contributed by atoms with Gasteiger partial charge in [0.05, 0.1) is 7.11 Å². The average Bonchev–Trinajstić information content (AvgIpc) is 2.36. The highest BCUT2D eigenvalue weighted by molar-refractivity contribution is 6.15. The van der Waals surface area contributed by atoms with Crippen LogP contribution >= 0.6 is 0 Å². The van der Waals surface area contributed by atoms with E-state index in [2.05, 4.69) is 4.42 Å². The first-order chi connectivity index (χ1) is 9.45. The SMILES string of the molecule is COc1cc(=O)c2c(O)oc(O)c3c(=O)cc(C)c1c32. The van der Waals surface area contributed by atoms with E-state index in [0.29, 0.717) is 10.9 Å². The highest BCUT2D eigenvalue weighted by Gasteiger charge is 2.22. The monoisotopic (exact) mass is 274 g/mol. The van der Waals surface area contributed by atoms with Gasteiger partial charge in [0.15, 0.2) is 10.9 Å². The van der Waals surface area contributed by atoms with Gasteiger partial charge in [-0.25, -0.2) is 0 Å². The minimum Gasteiger partial charge on any atom is -0.496 e. The number of hydrogen-bond donors (Lipinski definition) is 2. The van der Waals surface area contributed by atoms with E-state index in [-0.39, 0.29) is 21.9 Å². The molecule has 3 rings (SSSR count). The topological polar surface area (TPSA) is 97.0 Å². The van der Waals surface area contributed by atoms with Crippen LogP contribution < -0.4 is 15.6 Å². The Bertz CT molecular complexity index is 932. The summed E-state index contributed by atoms with van der Waals surface area (Å²) in [7, 11) is 1.40. The zero-order chi connectivity index (χ0) is 14.6. The van der Waals surface area contributed by atoms with Crippen LogP contribution in [0.15, 0.2) is 26.1 Å². The minimum atomic E-state index is -0.724. The standard InChI is InChI=1S/C14H10O6/c1-5-3-6(15)10-12-9(5)8(19-2)4-7(16)11(12)14(18)20-13(10)17/h3-4,17-18H,1-2H3. The maximum Gasteiger partial charge on any atom is 0.296 e. The highest BCUT2D eigenvalue weighted by Crippen LogP contribution is 2.39. The first-order valence-corrected chi connectivity index (χ1v) is 5.78. The number of methoxy groups -OCH3 is 1. The van der Waals surface area contributed by atoms with Gasteiger partial charge in [-0.2, -0.15) is 0 Å². The molecule has 0 unspecified atom stereocenters. The molecule has 0 atom stereocenters. The van der Waals surface area contributed by atoms with Crippen LogP contribution in [-0.4, -0.2) is 17.3 Å². The fourth-order valence-corrected chi connectivity index (χ4v) is 2.52. The van der Waals surface area contributed by atoms with Crippen LogP contribution in [0.5, 0.6) is 17.6 Å². The van der Waals surface area contributed by atoms with Gasteiger partial charge in [0, 0.05) is 16.8 Å². The molecule has 20 heavy (non-hydrogen) atoms. The second-order valence-corrected chi connectivity index (χ2v) is 4.48. The Hall–Kier alpha value is -2.76. The van der Waals surface area contributed by atoms with Gasteiger partial charge in [0.1, 0.15) is 16.5 Å². The van der Waals surface area contributed by atoms with Crippen LogP contribution in [0.1, 0.15) is 5.56 Å². The van der Waals surface area contributed by atoms with E-state index in [0.717, 1.165) is 0 Å². The van der Waals surface area contributed by atoms with E-state index in [1.54, 1.807) is 6.92 Å². The van der Waals surface area contributed by atoms with Crippen molar-refractivity contribution in [2.45, 2.75) is 6.92 Å². The van der Waals surface area contributed by atoms with Crippen molar-refractivity contribution < 1.29 is 19.4 Å². The summed E-state index contributed by atoms with van der Waals surface area (Å²) in [6, 6.07) is 2.53. The molecule has 102 valence electrons. The molecule has 2 aromatic carbocycles. The zero-order valence-corrected chi connectivity index (χ0v) is 10.7. The Morgan fingerprint density at radius 2 is 1.50 bits per heavy atom. The van der Waals surface area contributed by atoms with Gasteiger partial charge < -0.3 is 19.4 Å². The average molecular weight is 274 g/mol. The molecule has 1 heterocycles. The van der Waals surface area contributed by atoms with Crippen molar-refractivity contribution in [1.82, 2.24) is 0 Å². The van der Waals surface area contributed by atoms with E-state index in [1.807, 2.05) is 0 Å². The second-order valence-electron chi connectivity index (χ2n) is 4.48. The molecule has 6 nitrogen and oxygen atoms in total. The minimum absolute atomic E-state index is 0.144. The molecule has 0 bridgehead atoms. The quantitative estimate of drug-likeness (QED) is 0.697. The summed E-state index contributed by atoms with van der Waals surface area (Å²) in [6.07, 6.45) is 0. The molecule has 0 amide bonds. The highest BCUT2D eigenvalue weighted by atomic mass is 16.5. The molecular weight excluding hydrogens is 264 g/mol. The molecule has 0 aliphatic heterocycles. The predicted octanol–water partition coefficient (Wildman–Crippen LogP) is 1.47. The maximum absolute atomic E-state index is 12.0. The lowest BCUT2D eigenvalue weighted by Gasteiger charge is -2.12. The Morgan fingerprint density at radius 1 is 0.950 bits per heavy atom. The van der Waals surface area contributed by atoms with Crippen LogP contribution in [0.3, 0.4) is 0 Å². The molecule has 0 fully saturated rings. The predicted molar refractivity (Wildman–Crippen MR) is 72.1 cm³/mol. The number of benzene rings is 2. The van der Waals surface area contributed by atoms with Gasteiger partial charge in [-0.05, 0) is 18.6 Å². The molecule has 0 aliphatic carbocycles. The summed E-state index contributed by atoms with van der Waals surface area (Å²) in [6.45, 7) is 1.68. The van der Waals surface area contributed by atoms with E-state index >= 15 is 0 Å². The van der Waals surface area contributed by atoms with Gasteiger partial charge >= 0.3 is 0 Å². The summed E-state index contributed by atoms with van der Waals surface area (Å²) in [4.78, 5) is 24.0. The van der Waals surface area contributed by atoms with Crippen LogP contribution in [0.2, 0.25) is 0 Å². The normalized spacial score (nSPS) is 11.3. The van der Waals surface area contributed by atoms with Crippen molar-refractivity contribution in [2.75, 3.05) is 7.11 Å². The van der Waals surface area contributed by atoms with Crippen molar-refractivity contribution in [2.24, 2.45) is 0 Å². The van der Waals surface area contributed by atoms with Crippen LogP contribution in [0, 0.1) is 6.92 Å². The van der Waals surface area contributed by atoms with Crippen molar-refractivity contribution in [3.8, 4) is 17.6 Å². The molecule has 0 saturated carbocycles. The Kier molecular flexibility index (Phi) is 2.37. The molecule has 0 spiro atoms. The Morgan fingerprint density at radius 3 is 2.05 bits per heavy atom. The zero-order valence-electron chi connectivity index (χ0n) is 10.7. The lowest BCUT2D eigenvalue weighted by molar-refractivity contribution is 0.262. The number of rotatable bonds is 1. The molecule has 0 radical (unpaired) electrons. The third kappa shape index (κ3) is 1.38. The van der Waals surface area contributed by atoms with E-state index in [1.165, 1.54) is 19.2 Å². The molecular formula is C14H10O6. The van der Waals surface area contributed by atoms with E-state index in [9.17, 15) is 19.8 Å². The largest absolute Gasteiger partial charge is 0.496 e. The summed E-state index contributed by atoms with van der Waals surface area (Å²) in [5, 5.41) is 19.8. The Balaban J connectivity index is 2.85. The lowest BCUT2D eigenvalue weighted by atomic mass is 9.97. The first-order valence-electron chi connectivity index (χ1n) is 5.78. The number of hydrogen-bond acceptors (Lipinski definition) is 6. The van der Waals surface area contributed by atoms with Gasteiger partial charge in [0.2, 0.25) is 0 Å². The van der Waals surface area contributed by atoms with Crippen LogP contribution in [-0.2, 0) is 0 Å². The summed E-state index contributed by atoms with van der Waals surface area (Å²) in [5.74, 6) is -1.18. The summed E-state index contributed by atoms with van der Waals surface area (Å²) >= 11 is 0. The van der Waals surface area contributed by atoms with Gasteiger partial charge in [-0.15, -0.1) is 0 Å². The molecule has 2 N–H and O–H groups in total. The molecule has 0 aliphatic rings. The van der Waals surface area contributed by atoms with Gasteiger partial charge in [-0.3, -0.25) is 9.59 Å². The van der Waals surface area contributed by atoms with Gasteiger partial charge in [-0.1, -0.05) is 0 Å². The smallest absolute Gasteiger partial charge is 0.296 e. The number of aryl methyl sites for hydroxylation is 1. The Labute approximate surface area is 111 Å². The van der Waals surface area contributed by atoms with Crippen molar-refractivity contribution in [3.63, 3.8) is 0 Å². The molecule has 1 aromatic heterocycles. The van der Waals surface area contributed by atoms with Crippen molar-refractivity contribution in [1.29, 1.82) is 0 Å². The first kappa shape index (κ1) is 12.3. The maximum atomic E-state index is 12.0. The van der Waals surface area contributed by atoms with E-state index in [4.69, 9.17) is 4.74 Å². The third-order valence-electron chi connectivity index (χ3n) is 3.33. The lowest BCUT2D eigenvalue weighted by Crippen LogP contribution is -2.09.